The van der Waals surface area contributed by atoms with Gasteiger partial charge in [-0.05, 0) is 29.8 Å². The molecular formula is C16H12Cl2FNO. The normalized spacial score (nSPS) is 22.6. The van der Waals surface area contributed by atoms with Gasteiger partial charge in [0, 0.05) is 11.6 Å². The van der Waals surface area contributed by atoms with E-state index >= 15 is 0 Å². The first-order chi connectivity index (χ1) is 10.00. The molecular weight excluding hydrogens is 312 g/mol. The van der Waals surface area contributed by atoms with Crippen molar-refractivity contribution >= 4 is 34.8 Å². The Kier molecular flexibility index (Phi) is 3.64. The number of hydrogen-bond acceptors (Lipinski definition) is 1. The van der Waals surface area contributed by atoms with Crippen molar-refractivity contribution in [1.82, 2.24) is 0 Å². The zero-order chi connectivity index (χ0) is 15.0. The number of alkyl halides is 2. The highest BCUT2D eigenvalue weighted by molar-refractivity contribution is 6.53. The summed E-state index contributed by atoms with van der Waals surface area (Å²) in [6, 6.07) is 15.0. The number of halogens is 3. The molecule has 1 amide bonds. The van der Waals surface area contributed by atoms with Gasteiger partial charge in [0.1, 0.15) is 10.2 Å². The summed E-state index contributed by atoms with van der Waals surface area (Å²) in [6.45, 7) is 0. The van der Waals surface area contributed by atoms with Gasteiger partial charge >= 0.3 is 0 Å². The molecule has 0 spiro atoms. The Bertz CT molecular complexity index is 658. The van der Waals surface area contributed by atoms with Crippen LogP contribution in [0, 0.1) is 11.7 Å². The molecule has 2 aromatic rings. The molecule has 0 saturated heterocycles. The lowest BCUT2D eigenvalue weighted by Crippen LogP contribution is -2.17. The van der Waals surface area contributed by atoms with Crippen molar-refractivity contribution in [3.05, 3.63) is 66.0 Å². The predicted octanol–water partition coefficient (Wildman–Crippen LogP) is 4.35. The Morgan fingerprint density at radius 3 is 2.29 bits per heavy atom. The van der Waals surface area contributed by atoms with Crippen LogP contribution in [0.5, 0.6) is 0 Å². The minimum absolute atomic E-state index is 0.234. The third-order valence-electron chi connectivity index (χ3n) is 3.61. The molecule has 3 rings (SSSR count). The lowest BCUT2D eigenvalue weighted by molar-refractivity contribution is -0.117. The highest BCUT2D eigenvalue weighted by atomic mass is 35.5. The number of carbonyl (C=O) groups excluding carboxylic acids is 1. The van der Waals surface area contributed by atoms with E-state index in [4.69, 9.17) is 23.2 Å². The van der Waals surface area contributed by atoms with Crippen molar-refractivity contribution < 1.29 is 9.18 Å². The first-order valence-electron chi connectivity index (χ1n) is 6.49. The topological polar surface area (TPSA) is 29.1 Å². The molecule has 1 aliphatic carbocycles. The summed E-state index contributed by atoms with van der Waals surface area (Å²) in [4.78, 5) is 12.3. The molecule has 5 heteroatoms. The Hall–Kier alpha value is -1.58. The molecule has 0 unspecified atom stereocenters. The van der Waals surface area contributed by atoms with Crippen molar-refractivity contribution in [1.29, 1.82) is 0 Å². The van der Waals surface area contributed by atoms with E-state index in [1.165, 1.54) is 24.3 Å². The van der Waals surface area contributed by atoms with E-state index in [0.717, 1.165) is 5.56 Å². The smallest absolute Gasteiger partial charge is 0.231 e. The molecule has 1 N–H and O–H groups in total. The third kappa shape index (κ3) is 2.76. The maximum atomic E-state index is 12.8. The summed E-state index contributed by atoms with van der Waals surface area (Å²) in [7, 11) is 0. The molecule has 0 heterocycles. The van der Waals surface area contributed by atoms with Crippen molar-refractivity contribution in [2.24, 2.45) is 5.92 Å². The first kappa shape index (κ1) is 14.4. The second-order valence-electron chi connectivity index (χ2n) is 5.04. The lowest BCUT2D eigenvalue weighted by Gasteiger charge is -2.04. The van der Waals surface area contributed by atoms with Crippen LogP contribution in [0.4, 0.5) is 10.1 Å². The molecule has 0 aromatic heterocycles. The van der Waals surface area contributed by atoms with Crippen molar-refractivity contribution in [2.75, 3.05) is 5.32 Å². The maximum Gasteiger partial charge on any atom is 0.231 e. The molecule has 1 fully saturated rings. The average Bonchev–Trinajstić information content (AvgIpc) is 3.05. The minimum Gasteiger partial charge on any atom is -0.326 e. The summed E-state index contributed by atoms with van der Waals surface area (Å²) in [5.74, 6) is -1.37. The third-order valence-corrected chi connectivity index (χ3v) is 4.55. The highest BCUT2D eigenvalue weighted by Gasteiger charge is 2.67. The molecule has 1 saturated carbocycles. The van der Waals surface area contributed by atoms with Crippen LogP contribution in [0.1, 0.15) is 11.5 Å². The van der Waals surface area contributed by atoms with Crippen LogP contribution in [0.3, 0.4) is 0 Å². The fraction of sp³-hybridized carbons (Fsp3) is 0.188. The number of benzene rings is 2. The van der Waals surface area contributed by atoms with Crippen molar-refractivity contribution in [2.45, 2.75) is 10.3 Å². The van der Waals surface area contributed by atoms with E-state index in [1.54, 1.807) is 0 Å². The number of hydrogen-bond donors (Lipinski definition) is 1. The fourth-order valence-corrected chi connectivity index (χ4v) is 3.31. The number of carbonyl (C=O) groups is 1. The summed E-state index contributed by atoms with van der Waals surface area (Å²) < 4.78 is 11.7. The van der Waals surface area contributed by atoms with Crippen LogP contribution in [0.2, 0.25) is 0 Å². The van der Waals surface area contributed by atoms with Gasteiger partial charge in [-0.15, -0.1) is 23.2 Å². The van der Waals surface area contributed by atoms with E-state index < -0.39 is 10.3 Å². The van der Waals surface area contributed by atoms with Gasteiger partial charge in [-0.2, -0.15) is 0 Å². The van der Waals surface area contributed by atoms with Crippen LogP contribution < -0.4 is 5.32 Å². The minimum atomic E-state index is -1.11. The van der Waals surface area contributed by atoms with Crippen LogP contribution >= 0.6 is 23.2 Å². The molecule has 0 aliphatic heterocycles. The summed E-state index contributed by atoms with van der Waals surface area (Å²) in [5, 5.41) is 2.71. The van der Waals surface area contributed by atoms with Gasteiger partial charge in [0.15, 0.2) is 0 Å². The predicted molar refractivity (Wildman–Crippen MR) is 82.1 cm³/mol. The van der Waals surface area contributed by atoms with Crippen LogP contribution in [0.15, 0.2) is 54.6 Å². The number of amides is 1. The van der Waals surface area contributed by atoms with Gasteiger partial charge in [0.25, 0.3) is 0 Å². The molecule has 21 heavy (non-hydrogen) atoms. The van der Waals surface area contributed by atoms with Gasteiger partial charge in [-0.3, -0.25) is 4.79 Å². The second-order valence-corrected chi connectivity index (χ2v) is 6.48. The van der Waals surface area contributed by atoms with Gasteiger partial charge in [-0.1, -0.05) is 30.3 Å². The lowest BCUT2D eigenvalue weighted by atomic mass is 10.1. The SMILES string of the molecule is O=C(Nc1ccc(F)cc1)[C@H]1[C@H](c2ccccc2)C1(Cl)Cl. The summed E-state index contributed by atoms with van der Waals surface area (Å²) >= 11 is 12.5. The maximum absolute atomic E-state index is 12.8. The van der Waals surface area contributed by atoms with Gasteiger partial charge < -0.3 is 5.32 Å². The Morgan fingerprint density at radius 2 is 1.67 bits per heavy atom. The van der Waals surface area contributed by atoms with E-state index in [1.807, 2.05) is 30.3 Å². The zero-order valence-corrected chi connectivity index (χ0v) is 12.4. The Morgan fingerprint density at radius 1 is 1.05 bits per heavy atom. The van der Waals surface area contributed by atoms with E-state index in [9.17, 15) is 9.18 Å². The van der Waals surface area contributed by atoms with E-state index in [2.05, 4.69) is 5.32 Å². The zero-order valence-electron chi connectivity index (χ0n) is 10.9. The number of nitrogens with one attached hydrogen (secondary N) is 1. The average molecular weight is 324 g/mol. The number of anilines is 1. The molecule has 2 nitrogen and oxygen atoms in total. The van der Waals surface area contributed by atoms with Gasteiger partial charge in [0.05, 0.1) is 5.92 Å². The van der Waals surface area contributed by atoms with Gasteiger partial charge in [-0.25, -0.2) is 4.39 Å². The van der Waals surface area contributed by atoms with E-state index in [0.29, 0.717) is 5.69 Å². The summed E-state index contributed by atoms with van der Waals surface area (Å²) in [5.41, 5.74) is 1.45. The quantitative estimate of drug-likeness (QED) is 0.836. The van der Waals surface area contributed by atoms with Crippen molar-refractivity contribution in [3.63, 3.8) is 0 Å². The molecule has 0 radical (unpaired) electrons. The molecule has 2 aromatic carbocycles. The van der Waals surface area contributed by atoms with Crippen LogP contribution in [-0.4, -0.2) is 10.2 Å². The standard InChI is InChI=1S/C16H12Cl2FNO/c17-16(18)13(10-4-2-1-3-5-10)14(16)15(21)20-12-8-6-11(19)7-9-12/h1-9,13-14H,(H,20,21)/t13-,14+/m0/s1. The van der Waals surface area contributed by atoms with Gasteiger partial charge in [0.2, 0.25) is 5.91 Å². The number of rotatable bonds is 3. The second kappa shape index (κ2) is 5.32. The monoisotopic (exact) mass is 323 g/mol. The van der Waals surface area contributed by atoms with Crippen molar-refractivity contribution in [3.8, 4) is 0 Å². The largest absolute Gasteiger partial charge is 0.326 e. The van der Waals surface area contributed by atoms with Crippen LogP contribution in [0.25, 0.3) is 0 Å². The molecule has 0 bridgehead atoms. The fourth-order valence-electron chi connectivity index (χ4n) is 2.48. The highest BCUT2D eigenvalue weighted by Crippen LogP contribution is 2.65. The molecule has 2 atom stereocenters. The molecule has 108 valence electrons. The molecule has 1 aliphatic rings. The Labute approximate surface area is 131 Å². The summed E-state index contributed by atoms with van der Waals surface area (Å²) in [6.07, 6.45) is 0. The van der Waals surface area contributed by atoms with E-state index in [-0.39, 0.29) is 17.6 Å². The first-order valence-corrected chi connectivity index (χ1v) is 7.25. The van der Waals surface area contributed by atoms with Crippen LogP contribution in [-0.2, 0) is 4.79 Å². The Balaban J connectivity index is 1.75.